The average molecular weight is 566 g/mol. The molecular weight excluding hydrogens is 543 g/mol. The van der Waals surface area contributed by atoms with E-state index in [4.69, 9.17) is 9.84 Å². The zero-order valence-corrected chi connectivity index (χ0v) is 21.2. The van der Waals surface area contributed by atoms with Gasteiger partial charge in [0, 0.05) is 35.5 Å². The molecule has 0 aliphatic carbocycles. The van der Waals surface area contributed by atoms with Crippen LogP contribution in [-0.4, -0.2) is 52.3 Å². The lowest BCUT2D eigenvalue weighted by atomic mass is 9.92. The number of aromatic amines is 1. The first-order chi connectivity index (χ1) is 19.6. The normalized spacial score (nSPS) is 18.6. The maximum atomic E-state index is 14.0. The summed E-state index contributed by atoms with van der Waals surface area (Å²) >= 11 is 0. The highest BCUT2D eigenvalue weighted by Gasteiger charge is 2.58. The molecule has 1 atom stereocenters. The van der Waals surface area contributed by atoms with Crippen LogP contribution in [0.5, 0.6) is 0 Å². The van der Waals surface area contributed by atoms with Crippen LogP contribution in [0.25, 0.3) is 11.0 Å². The molecule has 0 radical (unpaired) electrons. The Bertz CT molecular complexity index is 1700. The van der Waals surface area contributed by atoms with Gasteiger partial charge in [0.25, 0.3) is 5.91 Å². The molecule has 41 heavy (non-hydrogen) atoms. The molecule has 1 unspecified atom stereocenters. The third-order valence-corrected chi connectivity index (χ3v) is 7.17. The monoisotopic (exact) mass is 565 g/mol. The highest BCUT2D eigenvalue weighted by molar-refractivity contribution is 6.13. The van der Waals surface area contributed by atoms with Gasteiger partial charge >= 0.3 is 18.2 Å². The number of amides is 2. The predicted molar refractivity (Wildman–Crippen MR) is 142 cm³/mol. The van der Waals surface area contributed by atoms with Crippen LogP contribution in [0.3, 0.4) is 0 Å². The van der Waals surface area contributed by atoms with Crippen LogP contribution in [0, 0.1) is 0 Å². The van der Waals surface area contributed by atoms with E-state index in [0.29, 0.717) is 0 Å². The van der Waals surface area contributed by atoms with Crippen molar-refractivity contribution in [3.8, 4) is 0 Å². The summed E-state index contributed by atoms with van der Waals surface area (Å²) in [5.41, 5.74) is -0.728. The molecule has 2 aliphatic rings. The van der Waals surface area contributed by atoms with E-state index in [1.54, 1.807) is 24.3 Å². The van der Waals surface area contributed by atoms with Gasteiger partial charge in [-0.2, -0.15) is 13.2 Å². The highest BCUT2D eigenvalue weighted by atomic mass is 19.4. The molecule has 1 aromatic heterocycles. The van der Waals surface area contributed by atoms with Crippen LogP contribution in [0.4, 0.5) is 35.3 Å². The number of ether oxygens (including phenoxy) is 1. The summed E-state index contributed by atoms with van der Waals surface area (Å²) in [6.45, 7) is 1.57. The molecule has 0 spiro atoms. The van der Waals surface area contributed by atoms with Crippen LogP contribution in [0.1, 0.15) is 34.3 Å². The van der Waals surface area contributed by atoms with Gasteiger partial charge in [0.15, 0.2) is 0 Å². The number of carboxylic acid groups (broad SMARTS) is 1. The average Bonchev–Trinajstić information content (AvgIpc) is 3.66. The number of hydrogen-bond donors (Lipinski definition) is 3. The van der Waals surface area contributed by atoms with Crippen molar-refractivity contribution in [2.24, 2.45) is 0 Å². The highest BCUT2D eigenvalue weighted by Crippen LogP contribution is 2.49. The minimum Gasteiger partial charge on any atom is -0.465 e. The molecule has 210 valence electrons. The first-order valence-electron chi connectivity index (χ1n) is 12.7. The summed E-state index contributed by atoms with van der Waals surface area (Å²) in [6, 6.07) is 17.0. The fourth-order valence-corrected chi connectivity index (χ4v) is 5.47. The smallest absolute Gasteiger partial charge is 0.465 e. The summed E-state index contributed by atoms with van der Waals surface area (Å²) in [5.74, 6) is -3.27. The summed E-state index contributed by atoms with van der Waals surface area (Å²) in [7, 11) is 0. The Morgan fingerprint density at radius 2 is 1.73 bits per heavy atom. The second-order valence-electron chi connectivity index (χ2n) is 9.68. The van der Waals surface area contributed by atoms with E-state index in [1.807, 2.05) is 6.07 Å². The quantitative estimate of drug-likeness (QED) is 0.283. The van der Waals surface area contributed by atoms with Gasteiger partial charge in [-0.3, -0.25) is 15.0 Å². The largest absolute Gasteiger partial charge is 0.491 e. The zero-order valence-electron chi connectivity index (χ0n) is 21.2. The molecule has 3 heterocycles. The Balaban J connectivity index is 1.59. The van der Waals surface area contributed by atoms with E-state index in [0.717, 1.165) is 36.5 Å². The number of hydrogen-bond acceptors (Lipinski definition) is 6. The molecule has 6 rings (SSSR count). The summed E-state index contributed by atoms with van der Waals surface area (Å²) in [5, 5.41) is 11.1. The number of esters is 1. The Morgan fingerprint density at radius 3 is 2.46 bits per heavy atom. The van der Waals surface area contributed by atoms with Crippen molar-refractivity contribution in [1.29, 1.82) is 0 Å². The number of carbonyl (C=O) groups excluding carboxylic acids is 2. The SMILES string of the molecule is O=C(O)Nc1nc2ccc(C3(OC(=O)C(F)(F)F)c4ccccc4C(=O)N3c3cccc(N4CCCC4)c3)cc2[nH]1. The lowest BCUT2D eigenvalue weighted by Crippen LogP contribution is -2.50. The predicted octanol–water partition coefficient (Wildman–Crippen LogP) is 5.22. The number of rotatable bonds is 5. The van der Waals surface area contributed by atoms with Crippen molar-refractivity contribution < 1.29 is 37.4 Å². The number of benzene rings is 3. The fraction of sp³-hybridized carbons (Fsp3) is 0.214. The molecule has 10 nitrogen and oxygen atoms in total. The topological polar surface area (TPSA) is 128 Å². The number of fused-ring (bicyclic) bond motifs is 2. The number of carbonyl (C=O) groups is 3. The molecule has 0 saturated carbocycles. The molecular formula is C28H22F3N5O5. The molecule has 0 bridgehead atoms. The van der Waals surface area contributed by atoms with Gasteiger partial charge in [0.1, 0.15) is 0 Å². The van der Waals surface area contributed by atoms with Crippen LogP contribution < -0.4 is 15.1 Å². The molecule has 3 N–H and O–H groups in total. The molecule has 3 aromatic carbocycles. The van der Waals surface area contributed by atoms with Gasteiger partial charge in [0.2, 0.25) is 11.7 Å². The number of imidazole rings is 1. The van der Waals surface area contributed by atoms with Gasteiger partial charge in [-0.1, -0.05) is 30.3 Å². The second-order valence-corrected chi connectivity index (χ2v) is 9.68. The maximum absolute atomic E-state index is 14.0. The van der Waals surface area contributed by atoms with Gasteiger partial charge in [0.05, 0.1) is 16.7 Å². The van der Waals surface area contributed by atoms with Crippen molar-refractivity contribution >= 4 is 46.3 Å². The Kier molecular flexibility index (Phi) is 6.09. The minimum atomic E-state index is -5.37. The summed E-state index contributed by atoms with van der Waals surface area (Å²) in [4.78, 5) is 47.7. The van der Waals surface area contributed by atoms with E-state index >= 15 is 0 Å². The van der Waals surface area contributed by atoms with Gasteiger partial charge in [-0.25, -0.2) is 14.6 Å². The Morgan fingerprint density at radius 1 is 1.00 bits per heavy atom. The standard InChI is InChI=1S/C28H22F3N5O5/c29-28(30,31)24(38)41-27(16-10-11-21-22(14-16)33-25(32-21)34-26(39)40)20-9-2-1-8-19(20)23(37)36(27)18-7-5-6-17(15-18)35-12-3-4-13-35/h1-2,5-11,14-15H,3-4,12-13H2,(H,39,40)(H2,32,33,34). The molecule has 2 aliphatic heterocycles. The summed E-state index contributed by atoms with van der Waals surface area (Å²) in [6.07, 6.45) is -4.78. The lowest BCUT2D eigenvalue weighted by molar-refractivity contribution is -0.211. The summed E-state index contributed by atoms with van der Waals surface area (Å²) < 4.78 is 46.7. The van der Waals surface area contributed by atoms with E-state index in [9.17, 15) is 27.6 Å². The Hall–Kier alpha value is -5.07. The van der Waals surface area contributed by atoms with Gasteiger partial charge in [-0.15, -0.1) is 0 Å². The van der Waals surface area contributed by atoms with Crippen LogP contribution in [0.2, 0.25) is 0 Å². The molecule has 2 amide bonds. The number of aromatic nitrogens is 2. The Labute approximate surface area is 230 Å². The molecule has 4 aromatic rings. The van der Waals surface area contributed by atoms with Gasteiger partial charge < -0.3 is 19.7 Å². The van der Waals surface area contributed by atoms with E-state index in [-0.39, 0.29) is 39.4 Å². The second kappa shape index (κ2) is 9.54. The van der Waals surface area contributed by atoms with Crippen molar-refractivity contribution in [3.05, 3.63) is 83.4 Å². The first kappa shape index (κ1) is 26.2. The van der Waals surface area contributed by atoms with Crippen molar-refractivity contribution in [1.82, 2.24) is 9.97 Å². The van der Waals surface area contributed by atoms with Crippen LogP contribution in [-0.2, 0) is 15.3 Å². The number of H-pyrrole nitrogens is 1. The van der Waals surface area contributed by atoms with E-state index < -0.39 is 29.9 Å². The molecule has 1 saturated heterocycles. The van der Waals surface area contributed by atoms with Crippen molar-refractivity contribution in [2.45, 2.75) is 24.7 Å². The molecule has 1 fully saturated rings. The number of anilines is 3. The maximum Gasteiger partial charge on any atom is 0.491 e. The zero-order chi connectivity index (χ0) is 28.9. The fourth-order valence-electron chi connectivity index (χ4n) is 5.47. The molecule has 13 heteroatoms. The number of nitrogens with one attached hydrogen (secondary N) is 2. The minimum absolute atomic E-state index is 0.0120. The lowest BCUT2D eigenvalue weighted by Gasteiger charge is -2.39. The van der Waals surface area contributed by atoms with Crippen molar-refractivity contribution in [2.75, 3.05) is 28.2 Å². The third kappa shape index (κ3) is 4.39. The first-order valence-corrected chi connectivity index (χ1v) is 12.7. The number of nitrogens with zero attached hydrogens (tertiary/aromatic N) is 3. The van der Waals surface area contributed by atoms with E-state index in [1.165, 1.54) is 36.4 Å². The van der Waals surface area contributed by atoms with Gasteiger partial charge in [-0.05, 0) is 49.2 Å². The van der Waals surface area contributed by atoms with Crippen LogP contribution in [0.15, 0.2) is 66.7 Å². The third-order valence-electron chi connectivity index (χ3n) is 7.17. The number of alkyl halides is 3. The van der Waals surface area contributed by atoms with E-state index in [2.05, 4.69) is 20.2 Å². The van der Waals surface area contributed by atoms with Crippen molar-refractivity contribution in [3.63, 3.8) is 0 Å². The van der Waals surface area contributed by atoms with Crippen LogP contribution >= 0.6 is 0 Å². The number of halogens is 3.